The van der Waals surface area contributed by atoms with E-state index in [0.29, 0.717) is 37.5 Å². The Morgan fingerprint density at radius 2 is 0.460 bits per heavy atom. The summed E-state index contributed by atoms with van der Waals surface area (Å²) >= 11 is 0. The molecule has 0 aliphatic rings. The van der Waals surface area contributed by atoms with Gasteiger partial charge in [0.2, 0.25) is 0 Å². The summed E-state index contributed by atoms with van der Waals surface area (Å²) in [6.45, 7) is 11.8. The number of rotatable bonds is 79. The molecule has 0 aliphatic carbocycles. The van der Waals surface area contributed by atoms with Crippen LogP contribution in [0.3, 0.4) is 0 Å². The van der Waals surface area contributed by atoms with Crippen molar-refractivity contribution in [2.75, 3.05) is 39.6 Å². The molecule has 17 nitrogen and oxygen atoms in total. The minimum absolute atomic E-state index is 0.103. The Balaban J connectivity index is 5.19. The molecule has 19 heteroatoms. The van der Waals surface area contributed by atoms with Crippen molar-refractivity contribution in [3.05, 3.63) is 0 Å². The molecular weight excluding hydrogens is 1310 g/mol. The van der Waals surface area contributed by atoms with E-state index in [-0.39, 0.29) is 25.7 Å². The first kappa shape index (κ1) is 98.1. The molecular formula is C81H158O17P2. The van der Waals surface area contributed by atoms with Crippen molar-refractivity contribution < 1.29 is 80.2 Å². The SMILES string of the molecule is CCCCCCCCCCCCCCCCCCCCCC(=O)OC[C@H](COP(=O)(O)OC[C@@H](O)COP(=O)(O)OC[C@@H](COC(=O)CCCCCCCCCC(C)C)OC(=O)CCCCCCCCCC(C)C)OC(=O)CCCCCCCCCCCCCCCCCCCCC(C)C. The van der Waals surface area contributed by atoms with E-state index in [2.05, 4.69) is 48.5 Å². The van der Waals surface area contributed by atoms with Gasteiger partial charge in [-0.2, -0.15) is 0 Å². The van der Waals surface area contributed by atoms with E-state index >= 15 is 0 Å². The minimum Gasteiger partial charge on any atom is -0.462 e. The lowest BCUT2D eigenvalue weighted by Gasteiger charge is -2.21. The molecule has 0 fully saturated rings. The van der Waals surface area contributed by atoms with Crippen LogP contribution in [0.5, 0.6) is 0 Å². The first-order valence-corrected chi connectivity index (χ1v) is 44.8. The lowest BCUT2D eigenvalue weighted by Crippen LogP contribution is -2.30. The summed E-state index contributed by atoms with van der Waals surface area (Å²) in [5.41, 5.74) is 0. The Bertz CT molecular complexity index is 1940. The Morgan fingerprint density at radius 1 is 0.270 bits per heavy atom. The molecule has 5 atom stereocenters. The summed E-state index contributed by atoms with van der Waals surface area (Å²) in [7, 11) is -9.92. The Morgan fingerprint density at radius 3 is 0.680 bits per heavy atom. The molecule has 0 rings (SSSR count). The number of hydrogen-bond acceptors (Lipinski definition) is 15. The maximum atomic E-state index is 13.1. The molecule has 0 aromatic heterocycles. The molecule has 100 heavy (non-hydrogen) atoms. The van der Waals surface area contributed by atoms with Crippen LogP contribution in [0.25, 0.3) is 0 Å². The molecule has 2 unspecified atom stereocenters. The zero-order chi connectivity index (χ0) is 73.7. The number of phosphoric ester groups is 2. The molecule has 3 N–H and O–H groups in total. The highest BCUT2D eigenvalue weighted by atomic mass is 31.2. The zero-order valence-electron chi connectivity index (χ0n) is 65.7. The minimum atomic E-state index is -4.96. The van der Waals surface area contributed by atoms with Crippen LogP contribution in [0.4, 0.5) is 0 Å². The number of aliphatic hydroxyl groups is 1. The number of aliphatic hydroxyl groups excluding tert-OH is 1. The highest BCUT2D eigenvalue weighted by Crippen LogP contribution is 2.45. The fourth-order valence-corrected chi connectivity index (χ4v) is 14.1. The second-order valence-electron chi connectivity index (χ2n) is 30.6. The molecule has 0 aromatic rings. The molecule has 594 valence electrons. The van der Waals surface area contributed by atoms with E-state index in [1.54, 1.807) is 0 Å². The maximum Gasteiger partial charge on any atom is 0.472 e. The summed E-state index contributed by atoms with van der Waals surface area (Å²) in [6, 6.07) is 0. The van der Waals surface area contributed by atoms with Crippen LogP contribution < -0.4 is 0 Å². The first-order chi connectivity index (χ1) is 48.2. The number of carbonyl (C=O) groups is 4. The second kappa shape index (κ2) is 71.3. The van der Waals surface area contributed by atoms with Crippen molar-refractivity contribution in [1.82, 2.24) is 0 Å². The lowest BCUT2D eigenvalue weighted by molar-refractivity contribution is -0.161. The monoisotopic (exact) mass is 1470 g/mol. The van der Waals surface area contributed by atoms with E-state index in [9.17, 15) is 43.2 Å². The summed E-state index contributed by atoms with van der Waals surface area (Å²) in [5.74, 6) is 0.105. The first-order valence-electron chi connectivity index (χ1n) is 41.8. The molecule has 0 bridgehead atoms. The third-order valence-corrected chi connectivity index (χ3v) is 20.8. The zero-order valence-corrected chi connectivity index (χ0v) is 67.5. The van der Waals surface area contributed by atoms with Gasteiger partial charge in [0.1, 0.15) is 19.3 Å². The standard InChI is InChI=1S/C81H158O17P2/c1-8-9-10-11-12-13-14-15-16-17-18-22-25-28-31-34-41-48-55-62-78(83)91-68-76(97-80(85)64-57-50-42-35-32-29-26-23-20-19-21-24-27-30-33-38-45-52-59-72(2)3)70-95-99(87,88)93-66-75(82)67-94-100(89,90)96-71-77(98-81(86)65-58-51-44-37-40-47-54-61-74(6)7)69-92-79(84)63-56-49-43-36-39-46-53-60-73(4)5/h72-77,82H,8-71H2,1-7H3,(H,87,88)(H,89,90)/t75-,76-,77-/m1/s1. The summed E-state index contributed by atoms with van der Waals surface area (Å²) in [4.78, 5) is 72.9. The summed E-state index contributed by atoms with van der Waals surface area (Å²) in [5, 5.41) is 10.6. The van der Waals surface area contributed by atoms with E-state index in [4.69, 9.17) is 37.0 Å². The number of phosphoric acid groups is 2. The van der Waals surface area contributed by atoms with Gasteiger partial charge in [0.05, 0.1) is 26.4 Å². The van der Waals surface area contributed by atoms with Crippen LogP contribution in [0.15, 0.2) is 0 Å². The average Bonchev–Trinajstić information content (AvgIpc) is 0.936. The van der Waals surface area contributed by atoms with Crippen molar-refractivity contribution in [1.29, 1.82) is 0 Å². The van der Waals surface area contributed by atoms with Gasteiger partial charge < -0.3 is 33.8 Å². The fourth-order valence-electron chi connectivity index (χ4n) is 12.5. The largest absolute Gasteiger partial charge is 0.472 e. The summed E-state index contributed by atoms with van der Waals surface area (Å²) in [6.07, 6.45) is 60.1. The predicted octanol–water partition coefficient (Wildman–Crippen LogP) is 24.1. The summed E-state index contributed by atoms with van der Waals surface area (Å²) < 4.78 is 68.6. The highest BCUT2D eigenvalue weighted by molar-refractivity contribution is 7.47. The molecule has 0 aromatic carbocycles. The maximum absolute atomic E-state index is 13.1. The van der Waals surface area contributed by atoms with Crippen molar-refractivity contribution >= 4 is 39.5 Å². The molecule has 0 spiro atoms. The number of unbranched alkanes of at least 4 members (excludes halogenated alkanes) is 47. The Kier molecular flexibility index (Phi) is 69.9. The van der Waals surface area contributed by atoms with Gasteiger partial charge in [-0.3, -0.25) is 37.3 Å². The van der Waals surface area contributed by atoms with Crippen LogP contribution in [0, 0.1) is 17.8 Å². The van der Waals surface area contributed by atoms with Crippen LogP contribution in [-0.2, 0) is 65.4 Å². The molecule has 0 amide bonds. The van der Waals surface area contributed by atoms with E-state index < -0.39 is 97.5 Å². The Hall–Kier alpha value is -1.94. The fraction of sp³-hybridized carbons (Fsp3) is 0.951. The highest BCUT2D eigenvalue weighted by Gasteiger charge is 2.30. The molecule has 0 radical (unpaired) electrons. The van der Waals surface area contributed by atoms with E-state index in [1.807, 2.05) is 0 Å². The van der Waals surface area contributed by atoms with Crippen molar-refractivity contribution in [2.45, 2.75) is 439 Å². The van der Waals surface area contributed by atoms with E-state index in [1.165, 1.54) is 225 Å². The van der Waals surface area contributed by atoms with Crippen molar-refractivity contribution in [3.8, 4) is 0 Å². The van der Waals surface area contributed by atoms with Crippen LogP contribution >= 0.6 is 15.6 Å². The van der Waals surface area contributed by atoms with Crippen molar-refractivity contribution in [3.63, 3.8) is 0 Å². The third kappa shape index (κ3) is 74.3. The molecule has 0 aliphatic heterocycles. The lowest BCUT2D eigenvalue weighted by atomic mass is 10.0. The van der Waals surface area contributed by atoms with Crippen LogP contribution in [0.2, 0.25) is 0 Å². The molecule has 0 saturated carbocycles. The van der Waals surface area contributed by atoms with Gasteiger partial charge in [-0.15, -0.1) is 0 Å². The van der Waals surface area contributed by atoms with Gasteiger partial charge in [0.25, 0.3) is 0 Å². The average molecular weight is 1470 g/mol. The smallest absolute Gasteiger partial charge is 0.462 e. The van der Waals surface area contributed by atoms with Gasteiger partial charge >= 0.3 is 39.5 Å². The van der Waals surface area contributed by atoms with Crippen molar-refractivity contribution in [2.24, 2.45) is 17.8 Å². The van der Waals surface area contributed by atoms with Gasteiger partial charge in [-0.1, -0.05) is 370 Å². The molecule has 0 heterocycles. The Labute approximate surface area is 613 Å². The van der Waals surface area contributed by atoms with Gasteiger partial charge in [0.15, 0.2) is 12.2 Å². The van der Waals surface area contributed by atoms with Gasteiger partial charge in [-0.05, 0) is 43.4 Å². The second-order valence-corrected chi connectivity index (χ2v) is 33.5. The van der Waals surface area contributed by atoms with Crippen LogP contribution in [0.1, 0.15) is 421 Å². The number of carbonyl (C=O) groups excluding carboxylic acids is 4. The topological polar surface area (TPSA) is 237 Å². The van der Waals surface area contributed by atoms with Gasteiger partial charge in [-0.25, -0.2) is 9.13 Å². The van der Waals surface area contributed by atoms with E-state index in [0.717, 1.165) is 102 Å². The van der Waals surface area contributed by atoms with Gasteiger partial charge in [0, 0.05) is 25.7 Å². The van der Waals surface area contributed by atoms with Crippen LogP contribution in [-0.4, -0.2) is 96.7 Å². The number of hydrogen-bond donors (Lipinski definition) is 3. The molecule has 0 saturated heterocycles. The number of esters is 4. The normalized spacial score (nSPS) is 14.0. The quantitative estimate of drug-likeness (QED) is 0.0222. The predicted molar refractivity (Wildman–Crippen MR) is 409 cm³/mol. The number of ether oxygens (including phenoxy) is 4. The third-order valence-electron chi connectivity index (χ3n) is 18.9.